The van der Waals surface area contributed by atoms with E-state index in [4.69, 9.17) is 9.40 Å². The standard InChI is InChI=1S/C26H22N2O4S/c1-13-5-8-17(9-6-13)23(29)20-22(18-10-7-16(4)32-18)28(25(31)24(20)30)26-27-21-15(3)11-14(2)12-19(21)33-26/h5-12,22,29H,1-4H3. The van der Waals surface area contributed by atoms with Gasteiger partial charge in [0.1, 0.15) is 23.3 Å². The van der Waals surface area contributed by atoms with Gasteiger partial charge in [0.15, 0.2) is 5.13 Å². The molecule has 0 aliphatic carbocycles. The van der Waals surface area contributed by atoms with E-state index in [1.807, 2.05) is 45.0 Å². The van der Waals surface area contributed by atoms with E-state index >= 15 is 0 Å². The molecule has 7 heteroatoms. The average molecular weight is 459 g/mol. The molecular weight excluding hydrogens is 436 g/mol. The zero-order chi connectivity index (χ0) is 23.4. The van der Waals surface area contributed by atoms with Crippen molar-refractivity contribution in [3.8, 4) is 0 Å². The highest BCUT2D eigenvalue weighted by molar-refractivity contribution is 7.22. The maximum Gasteiger partial charge on any atom is 0.302 e. The third kappa shape index (κ3) is 3.45. The predicted octanol–water partition coefficient (Wildman–Crippen LogP) is 5.75. The number of amides is 1. The molecule has 2 aromatic heterocycles. The lowest BCUT2D eigenvalue weighted by Crippen LogP contribution is -2.29. The van der Waals surface area contributed by atoms with Crippen LogP contribution >= 0.6 is 11.3 Å². The molecule has 1 unspecified atom stereocenters. The summed E-state index contributed by atoms with van der Waals surface area (Å²) in [6.45, 7) is 7.70. The van der Waals surface area contributed by atoms with Crippen molar-refractivity contribution in [1.82, 2.24) is 4.98 Å². The number of Topliss-reactive ketones (excluding diaryl/α,β-unsaturated/α-hetero) is 1. The number of carbonyl (C=O) groups is 2. The number of aromatic nitrogens is 1. The van der Waals surface area contributed by atoms with Crippen LogP contribution in [0.5, 0.6) is 0 Å². The minimum absolute atomic E-state index is 0.00892. The summed E-state index contributed by atoms with van der Waals surface area (Å²) in [6, 6.07) is 13.8. The number of thiazole rings is 1. The summed E-state index contributed by atoms with van der Waals surface area (Å²) < 4.78 is 6.78. The molecule has 166 valence electrons. The van der Waals surface area contributed by atoms with Gasteiger partial charge in [-0.2, -0.15) is 0 Å². The fourth-order valence-electron chi connectivity index (χ4n) is 4.23. The average Bonchev–Trinajstić information content (AvgIpc) is 3.45. The van der Waals surface area contributed by atoms with E-state index in [9.17, 15) is 14.7 Å². The van der Waals surface area contributed by atoms with E-state index in [2.05, 4.69) is 0 Å². The number of ketones is 1. The van der Waals surface area contributed by atoms with Crippen molar-refractivity contribution < 1.29 is 19.1 Å². The molecule has 0 radical (unpaired) electrons. The number of hydrogen-bond donors (Lipinski definition) is 1. The molecule has 1 N–H and O–H groups in total. The maximum absolute atomic E-state index is 13.3. The van der Waals surface area contributed by atoms with Gasteiger partial charge in [-0.25, -0.2) is 4.98 Å². The minimum Gasteiger partial charge on any atom is -0.507 e. The summed E-state index contributed by atoms with van der Waals surface area (Å²) >= 11 is 1.34. The smallest absolute Gasteiger partial charge is 0.302 e. The van der Waals surface area contributed by atoms with Gasteiger partial charge in [0, 0.05) is 5.56 Å². The number of aliphatic hydroxyl groups excluding tert-OH is 1. The van der Waals surface area contributed by atoms with Crippen LogP contribution in [-0.4, -0.2) is 21.8 Å². The number of furan rings is 1. The number of aryl methyl sites for hydroxylation is 4. The normalized spacial score (nSPS) is 17.9. The Morgan fingerprint density at radius 2 is 1.73 bits per heavy atom. The molecule has 1 aliphatic heterocycles. The lowest BCUT2D eigenvalue weighted by molar-refractivity contribution is -0.132. The van der Waals surface area contributed by atoms with Gasteiger partial charge in [-0.15, -0.1) is 0 Å². The summed E-state index contributed by atoms with van der Waals surface area (Å²) in [5.74, 6) is -0.701. The number of rotatable bonds is 3. The molecule has 1 aliphatic rings. The molecule has 0 bridgehead atoms. The second kappa shape index (κ2) is 7.71. The van der Waals surface area contributed by atoms with E-state index < -0.39 is 17.7 Å². The van der Waals surface area contributed by atoms with Crippen LogP contribution in [-0.2, 0) is 9.59 Å². The van der Waals surface area contributed by atoms with Crippen molar-refractivity contribution in [1.29, 1.82) is 0 Å². The monoisotopic (exact) mass is 458 g/mol. The molecule has 33 heavy (non-hydrogen) atoms. The minimum atomic E-state index is -0.915. The van der Waals surface area contributed by atoms with Gasteiger partial charge in [-0.3, -0.25) is 14.5 Å². The van der Waals surface area contributed by atoms with E-state index in [-0.39, 0.29) is 11.3 Å². The third-order valence-corrected chi connectivity index (χ3v) is 6.83. The zero-order valence-corrected chi connectivity index (χ0v) is 19.5. The van der Waals surface area contributed by atoms with Crippen LogP contribution in [0.3, 0.4) is 0 Å². The van der Waals surface area contributed by atoms with E-state index in [0.717, 1.165) is 26.9 Å². The van der Waals surface area contributed by atoms with Crippen molar-refractivity contribution >= 4 is 44.1 Å². The molecule has 1 atom stereocenters. The first-order valence-corrected chi connectivity index (χ1v) is 11.4. The van der Waals surface area contributed by atoms with Gasteiger partial charge < -0.3 is 9.52 Å². The quantitative estimate of drug-likeness (QED) is 0.240. The van der Waals surface area contributed by atoms with E-state index in [1.165, 1.54) is 16.2 Å². The molecule has 0 spiro atoms. The molecule has 1 saturated heterocycles. The number of anilines is 1. The van der Waals surface area contributed by atoms with Crippen LogP contribution in [0.1, 0.15) is 39.8 Å². The Bertz CT molecular complexity index is 1460. The molecule has 1 amide bonds. The molecule has 3 heterocycles. The summed E-state index contributed by atoms with van der Waals surface area (Å²) in [5, 5.41) is 11.5. The highest BCUT2D eigenvalue weighted by Crippen LogP contribution is 2.45. The van der Waals surface area contributed by atoms with Gasteiger partial charge >= 0.3 is 5.91 Å². The number of aliphatic hydroxyl groups is 1. The number of hydrogen-bond acceptors (Lipinski definition) is 6. The van der Waals surface area contributed by atoms with Crippen LogP contribution in [0.25, 0.3) is 16.0 Å². The molecule has 1 fully saturated rings. The van der Waals surface area contributed by atoms with Gasteiger partial charge in [0.05, 0.1) is 15.8 Å². The SMILES string of the molecule is Cc1ccc(C(O)=C2C(=O)C(=O)N(c3nc4c(C)cc(C)cc4s3)C2c2ccc(C)o2)cc1. The molecular formula is C26H22N2O4S. The Morgan fingerprint density at radius 3 is 2.39 bits per heavy atom. The number of nitrogens with zero attached hydrogens (tertiary/aromatic N) is 2. The van der Waals surface area contributed by atoms with Crippen molar-refractivity contribution in [3.05, 3.63) is 87.9 Å². The topological polar surface area (TPSA) is 83.6 Å². The summed E-state index contributed by atoms with van der Waals surface area (Å²) in [4.78, 5) is 32.6. The second-order valence-corrected chi connectivity index (χ2v) is 9.42. The van der Waals surface area contributed by atoms with Crippen molar-refractivity contribution in [2.75, 3.05) is 4.90 Å². The Labute approximate surface area is 194 Å². The summed E-state index contributed by atoms with van der Waals surface area (Å²) in [7, 11) is 0. The van der Waals surface area contributed by atoms with Gasteiger partial charge in [0.25, 0.3) is 5.78 Å². The van der Waals surface area contributed by atoms with E-state index in [1.54, 1.807) is 31.2 Å². The molecule has 4 aromatic rings. The van der Waals surface area contributed by atoms with Crippen molar-refractivity contribution in [2.45, 2.75) is 33.7 Å². The first-order chi connectivity index (χ1) is 15.7. The highest BCUT2D eigenvalue weighted by atomic mass is 32.1. The van der Waals surface area contributed by atoms with Crippen LogP contribution in [0, 0.1) is 27.7 Å². The number of fused-ring (bicyclic) bond motifs is 1. The fourth-order valence-corrected chi connectivity index (χ4v) is 5.40. The van der Waals surface area contributed by atoms with Gasteiger partial charge in [-0.1, -0.05) is 47.2 Å². The lowest BCUT2D eigenvalue weighted by atomic mass is 9.99. The Balaban J connectivity index is 1.73. The molecule has 2 aromatic carbocycles. The zero-order valence-electron chi connectivity index (χ0n) is 18.7. The van der Waals surface area contributed by atoms with E-state index in [0.29, 0.717) is 22.2 Å². The van der Waals surface area contributed by atoms with Crippen LogP contribution in [0.4, 0.5) is 5.13 Å². The summed E-state index contributed by atoms with van der Waals surface area (Å²) in [5.41, 5.74) is 4.35. The molecule has 5 rings (SSSR count). The fraction of sp³-hybridized carbons (Fsp3) is 0.192. The van der Waals surface area contributed by atoms with Gasteiger partial charge in [-0.05, 0) is 57.0 Å². The molecule has 6 nitrogen and oxygen atoms in total. The van der Waals surface area contributed by atoms with Crippen molar-refractivity contribution in [3.63, 3.8) is 0 Å². The Kier molecular flexibility index (Phi) is 4.94. The summed E-state index contributed by atoms with van der Waals surface area (Å²) in [6.07, 6.45) is 0. The molecule has 0 saturated carbocycles. The predicted molar refractivity (Wildman–Crippen MR) is 129 cm³/mol. The van der Waals surface area contributed by atoms with Crippen LogP contribution < -0.4 is 4.90 Å². The number of benzene rings is 2. The largest absolute Gasteiger partial charge is 0.507 e. The van der Waals surface area contributed by atoms with Crippen molar-refractivity contribution in [2.24, 2.45) is 0 Å². The maximum atomic E-state index is 13.3. The van der Waals surface area contributed by atoms with Crippen LogP contribution in [0.2, 0.25) is 0 Å². The second-order valence-electron chi connectivity index (χ2n) is 8.41. The first kappa shape index (κ1) is 21.2. The highest BCUT2D eigenvalue weighted by Gasteiger charge is 2.49. The number of carbonyl (C=O) groups excluding carboxylic acids is 2. The van der Waals surface area contributed by atoms with Gasteiger partial charge in [0.2, 0.25) is 0 Å². The lowest BCUT2D eigenvalue weighted by Gasteiger charge is -2.20. The first-order valence-electron chi connectivity index (χ1n) is 10.6. The third-order valence-electron chi connectivity index (χ3n) is 5.82. The van der Waals surface area contributed by atoms with Crippen LogP contribution in [0.15, 0.2) is 58.5 Å². The Hall–Kier alpha value is -3.71. The Morgan fingerprint density at radius 1 is 1.00 bits per heavy atom.